The van der Waals surface area contributed by atoms with Crippen LogP contribution in [0.5, 0.6) is 5.75 Å². The standard InChI is InChI=1S/C18H19N3O6/c1-26-15-5-4-12(11-14(15)21(24)25)17(22)19-13-6-8-20(9-7-13)18(23)16-3-2-10-27-16/h2-5,10-11,13H,6-9H2,1H3,(H,19,22). The summed E-state index contributed by atoms with van der Waals surface area (Å²) in [5, 5.41) is 14.0. The van der Waals surface area contributed by atoms with Crippen LogP contribution in [0.25, 0.3) is 0 Å². The number of hydrogen-bond donors (Lipinski definition) is 1. The molecule has 0 saturated carbocycles. The highest BCUT2D eigenvalue weighted by atomic mass is 16.6. The van der Waals surface area contributed by atoms with Crippen LogP contribution in [0.15, 0.2) is 41.0 Å². The van der Waals surface area contributed by atoms with Gasteiger partial charge in [0.25, 0.3) is 11.8 Å². The Balaban J connectivity index is 1.59. The van der Waals surface area contributed by atoms with Crippen molar-refractivity contribution in [1.29, 1.82) is 0 Å². The molecule has 9 heteroatoms. The lowest BCUT2D eigenvalue weighted by atomic mass is 10.0. The molecule has 1 aliphatic rings. The van der Waals surface area contributed by atoms with Crippen molar-refractivity contribution in [2.45, 2.75) is 18.9 Å². The van der Waals surface area contributed by atoms with Gasteiger partial charge in [-0.25, -0.2) is 0 Å². The number of amides is 2. The molecule has 27 heavy (non-hydrogen) atoms. The van der Waals surface area contributed by atoms with Crippen LogP contribution in [-0.4, -0.2) is 47.9 Å². The van der Waals surface area contributed by atoms with E-state index >= 15 is 0 Å². The van der Waals surface area contributed by atoms with Gasteiger partial charge in [-0.05, 0) is 37.1 Å². The molecular formula is C18H19N3O6. The van der Waals surface area contributed by atoms with Gasteiger partial charge in [-0.2, -0.15) is 0 Å². The molecule has 2 heterocycles. The minimum Gasteiger partial charge on any atom is -0.490 e. The Morgan fingerprint density at radius 3 is 2.63 bits per heavy atom. The Morgan fingerprint density at radius 2 is 2.04 bits per heavy atom. The van der Waals surface area contributed by atoms with E-state index in [2.05, 4.69) is 5.32 Å². The molecule has 1 aromatic carbocycles. The van der Waals surface area contributed by atoms with Crippen molar-refractivity contribution in [2.75, 3.05) is 20.2 Å². The maximum absolute atomic E-state index is 12.4. The molecule has 3 rings (SSSR count). The lowest BCUT2D eigenvalue weighted by Crippen LogP contribution is -2.46. The second kappa shape index (κ2) is 7.90. The molecule has 0 atom stereocenters. The fourth-order valence-corrected chi connectivity index (χ4v) is 3.03. The Hall–Kier alpha value is -3.36. The van der Waals surface area contributed by atoms with Gasteiger partial charge >= 0.3 is 5.69 Å². The van der Waals surface area contributed by atoms with Crippen LogP contribution in [0, 0.1) is 10.1 Å². The quantitative estimate of drug-likeness (QED) is 0.635. The smallest absolute Gasteiger partial charge is 0.311 e. The van der Waals surface area contributed by atoms with Gasteiger partial charge < -0.3 is 19.4 Å². The van der Waals surface area contributed by atoms with Crippen LogP contribution < -0.4 is 10.1 Å². The molecule has 142 valence electrons. The number of nitro benzene ring substituents is 1. The van der Waals surface area contributed by atoms with Crippen LogP contribution in [0.3, 0.4) is 0 Å². The van der Waals surface area contributed by atoms with Crippen LogP contribution in [-0.2, 0) is 0 Å². The lowest BCUT2D eigenvalue weighted by molar-refractivity contribution is -0.385. The molecule has 1 aromatic heterocycles. The molecule has 1 N–H and O–H groups in total. The third-order valence-corrected chi connectivity index (χ3v) is 4.49. The monoisotopic (exact) mass is 373 g/mol. The summed E-state index contributed by atoms with van der Waals surface area (Å²) < 4.78 is 10.1. The van der Waals surface area contributed by atoms with Crippen molar-refractivity contribution in [3.05, 3.63) is 58.0 Å². The van der Waals surface area contributed by atoms with Crippen LogP contribution in [0.2, 0.25) is 0 Å². The van der Waals surface area contributed by atoms with Gasteiger partial charge in [-0.1, -0.05) is 0 Å². The van der Waals surface area contributed by atoms with Crippen LogP contribution in [0.4, 0.5) is 5.69 Å². The van der Waals surface area contributed by atoms with E-state index in [-0.39, 0.29) is 28.9 Å². The molecule has 2 amide bonds. The number of furan rings is 1. The Labute approximate surface area is 155 Å². The minimum absolute atomic E-state index is 0.0984. The number of rotatable bonds is 5. The van der Waals surface area contributed by atoms with Crippen LogP contribution >= 0.6 is 0 Å². The molecule has 9 nitrogen and oxygen atoms in total. The predicted octanol–water partition coefficient (Wildman–Crippen LogP) is 2.23. The van der Waals surface area contributed by atoms with Crippen molar-refractivity contribution < 1.29 is 23.7 Å². The van der Waals surface area contributed by atoms with E-state index in [1.807, 2.05) is 0 Å². The molecule has 1 aliphatic heterocycles. The second-order valence-electron chi connectivity index (χ2n) is 6.16. The summed E-state index contributed by atoms with van der Waals surface area (Å²) in [4.78, 5) is 36.8. The largest absolute Gasteiger partial charge is 0.490 e. The van der Waals surface area contributed by atoms with E-state index in [1.54, 1.807) is 17.0 Å². The number of hydrogen-bond acceptors (Lipinski definition) is 6. The Bertz CT molecular complexity index is 841. The molecule has 0 radical (unpaired) electrons. The third kappa shape index (κ3) is 4.08. The zero-order chi connectivity index (χ0) is 19.4. The van der Waals surface area contributed by atoms with E-state index in [1.165, 1.54) is 31.6 Å². The van der Waals surface area contributed by atoms with Gasteiger partial charge in [-0.15, -0.1) is 0 Å². The number of carbonyl (C=O) groups is 2. The van der Waals surface area contributed by atoms with E-state index in [0.29, 0.717) is 31.7 Å². The average molecular weight is 373 g/mol. The maximum Gasteiger partial charge on any atom is 0.311 e. The number of likely N-dealkylation sites (tertiary alicyclic amines) is 1. The summed E-state index contributed by atoms with van der Waals surface area (Å²) in [6.07, 6.45) is 2.64. The zero-order valence-electron chi connectivity index (χ0n) is 14.7. The first-order valence-corrected chi connectivity index (χ1v) is 8.45. The fourth-order valence-electron chi connectivity index (χ4n) is 3.03. The lowest BCUT2D eigenvalue weighted by Gasteiger charge is -2.31. The summed E-state index contributed by atoms with van der Waals surface area (Å²) in [6, 6.07) is 7.25. The van der Waals surface area contributed by atoms with E-state index in [4.69, 9.17) is 9.15 Å². The van der Waals surface area contributed by atoms with Gasteiger partial charge in [0.1, 0.15) is 0 Å². The molecule has 1 fully saturated rings. The van der Waals surface area contributed by atoms with Crippen molar-refractivity contribution in [2.24, 2.45) is 0 Å². The van der Waals surface area contributed by atoms with Gasteiger partial charge in [0, 0.05) is 30.8 Å². The molecule has 0 spiro atoms. The van der Waals surface area contributed by atoms with E-state index < -0.39 is 10.8 Å². The highest BCUT2D eigenvalue weighted by Gasteiger charge is 2.26. The number of benzene rings is 1. The zero-order valence-corrected chi connectivity index (χ0v) is 14.7. The van der Waals surface area contributed by atoms with Crippen molar-refractivity contribution in [1.82, 2.24) is 10.2 Å². The summed E-state index contributed by atoms with van der Waals surface area (Å²) in [6.45, 7) is 0.987. The molecule has 0 bridgehead atoms. The highest BCUT2D eigenvalue weighted by Crippen LogP contribution is 2.27. The number of nitrogens with one attached hydrogen (secondary N) is 1. The predicted molar refractivity (Wildman–Crippen MR) is 94.7 cm³/mol. The number of nitrogens with zero attached hydrogens (tertiary/aromatic N) is 2. The first-order valence-electron chi connectivity index (χ1n) is 8.45. The normalized spacial score (nSPS) is 14.6. The topological polar surface area (TPSA) is 115 Å². The SMILES string of the molecule is COc1ccc(C(=O)NC2CCN(C(=O)c3ccco3)CC2)cc1[N+](=O)[O-]. The fraction of sp³-hybridized carbons (Fsp3) is 0.333. The molecule has 1 saturated heterocycles. The Kier molecular flexibility index (Phi) is 5.39. The van der Waals surface area contributed by atoms with Gasteiger partial charge in [0.05, 0.1) is 18.3 Å². The van der Waals surface area contributed by atoms with E-state index in [9.17, 15) is 19.7 Å². The van der Waals surface area contributed by atoms with Gasteiger partial charge in [0.15, 0.2) is 11.5 Å². The third-order valence-electron chi connectivity index (χ3n) is 4.49. The van der Waals surface area contributed by atoms with Crippen molar-refractivity contribution in [3.8, 4) is 5.75 Å². The number of carbonyl (C=O) groups excluding carboxylic acids is 2. The summed E-state index contributed by atoms with van der Waals surface area (Å²) in [5.74, 6) is -0.170. The number of ether oxygens (including phenoxy) is 1. The first kappa shape index (κ1) is 18.4. The molecule has 0 unspecified atom stereocenters. The van der Waals surface area contributed by atoms with Gasteiger partial charge in [0.2, 0.25) is 0 Å². The van der Waals surface area contributed by atoms with Crippen LogP contribution in [0.1, 0.15) is 33.8 Å². The summed E-state index contributed by atoms with van der Waals surface area (Å²) >= 11 is 0. The number of nitro groups is 1. The van der Waals surface area contributed by atoms with Crippen molar-refractivity contribution >= 4 is 17.5 Å². The minimum atomic E-state index is -0.589. The molecule has 0 aliphatic carbocycles. The van der Waals surface area contributed by atoms with Crippen molar-refractivity contribution in [3.63, 3.8) is 0 Å². The van der Waals surface area contributed by atoms with Gasteiger partial charge in [-0.3, -0.25) is 19.7 Å². The summed E-state index contributed by atoms with van der Waals surface area (Å²) in [5.41, 5.74) is -0.0689. The highest BCUT2D eigenvalue weighted by molar-refractivity contribution is 5.95. The first-order chi connectivity index (χ1) is 13.0. The number of methoxy groups -OCH3 is 1. The molecule has 2 aromatic rings. The Morgan fingerprint density at radius 1 is 1.30 bits per heavy atom. The maximum atomic E-state index is 12.4. The summed E-state index contributed by atoms with van der Waals surface area (Å²) in [7, 11) is 1.33. The second-order valence-corrected chi connectivity index (χ2v) is 6.16. The number of piperidine rings is 1. The average Bonchev–Trinajstić information content (AvgIpc) is 3.22. The molecular weight excluding hydrogens is 354 g/mol. The van der Waals surface area contributed by atoms with E-state index in [0.717, 1.165) is 0 Å².